The molecule has 1 aliphatic heterocycles. The molecule has 2 aliphatic carbocycles. The summed E-state index contributed by atoms with van der Waals surface area (Å²) in [7, 11) is -4.07. The number of anilines is 1. The number of carbonyl (C=O) groups is 1. The first-order chi connectivity index (χ1) is 21.9. The molecule has 2 aromatic carbocycles. The lowest BCUT2D eigenvalue weighted by atomic mass is 10.1. The minimum atomic E-state index is -4.82. The van der Waals surface area contributed by atoms with Crippen LogP contribution in [0.15, 0.2) is 53.4 Å². The zero-order chi connectivity index (χ0) is 32.2. The number of nitrogens with zero attached hydrogens (tertiary/aromatic N) is 5. The number of alkyl halides is 3. The third-order valence-electron chi connectivity index (χ3n) is 8.22. The molecule has 4 aromatic rings. The largest absolute Gasteiger partial charge is 0.573 e. The minimum Gasteiger partial charge on any atom is -0.406 e. The molecule has 1 atom stereocenters. The number of sulfonamides is 1. The Labute approximate surface area is 271 Å². The van der Waals surface area contributed by atoms with Crippen LogP contribution in [-0.2, 0) is 21.4 Å². The molecule has 1 N–H and O–H groups in total. The van der Waals surface area contributed by atoms with Crippen molar-refractivity contribution in [2.24, 2.45) is 0 Å². The number of amides is 1. The SMILES string of the molecule is O=C(NCc1ccc(OC(F)(F)F)cc1)[C@H]1CN(c2nc3nc(C4CC4)nc(Cl)c3s2)CCN1S(=O)(=O)c1ccc(C2CC2)cc1. The molecule has 242 valence electrons. The standard InChI is InChI=1S/C30H28ClF3N6O4S2/c31-25-24-27(37-26(36-25)20-5-6-20)38-29(45-24)39-13-14-40(46(42,43)22-11-7-19(8-12-22)18-3-4-18)23(16-39)28(41)35-15-17-1-9-21(10-2-17)44-30(32,33)34/h1-2,7-12,18,20,23H,3-6,13-16H2,(H,35,41)/t23-/m1/s1. The highest BCUT2D eigenvalue weighted by molar-refractivity contribution is 7.89. The second-order valence-corrected chi connectivity index (χ2v) is 14.9. The van der Waals surface area contributed by atoms with E-state index in [-0.39, 0.29) is 42.7 Å². The lowest BCUT2D eigenvalue weighted by Crippen LogP contribution is -2.60. The smallest absolute Gasteiger partial charge is 0.406 e. The van der Waals surface area contributed by atoms with Crippen molar-refractivity contribution in [2.45, 2.75) is 61.4 Å². The van der Waals surface area contributed by atoms with E-state index in [4.69, 9.17) is 11.6 Å². The highest BCUT2D eigenvalue weighted by atomic mass is 35.5. The molecule has 3 heterocycles. The van der Waals surface area contributed by atoms with Crippen molar-refractivity contribution in [3.63, 3.8) is 0 Å². The van der Waals surface area contributed by atoms with Gasteiger partial charge in [-0.1, -0.05) is 47.2 Å². The predicted octanol–water partition coefficient (Wildman–Crippen LogP) is 5.59. The van der Waals surface area contributed by atoms with Gasteiger partial charge in [-0.05, 0) is 67.0 Å². The van der Waals surface area contributed by atoms with Crippen molar-refractivity contribution < 1.29 is 31.1 Å². The summed E-state index contributed by atoms with van der Waals surface area (Å²) in [6.07, 6.45) is -0.657. The number of aromatic nitrogens is 3. The van der Waals surface area contributed by atoms with E-state index in [0.717, 1.165) is 43.4 Å². The van der Waals surface area contributed by atoms with Gasteiger partial charge in [0.25, 0.3) is 0 Å². The summed E-state index contributed by atoms with van der Waals surface area (Å²) < 4.78 is 71.2. The fraction of sp³-hybridized carbons (Fsp3) is 0.400. The van der Waals surface area contributed by atoms with Gasteiger partial charge in [-0.2, -0.15) is 9.29 Å². The second-order valence-electron chi connectivity index (χ2n) is 11.6. The number of ether oxygens (including phenoxy) is 1. The summed E-state index contributed by atoms with van der Waals surface area (Å²) in [5.74, 6) is 0.447. The molecule has 10 nitrogen and oxygen atoms in total. The number of piperazine rings is 1. The van der Waals surface area contributed by atoms with Crippen LogP contribution in [0.5, 0.6) is 5.75 Å². The number of hydrogen-bond donors (Lipinski definition) is 1. The molecule has 2 saturated carbocycles. The van der Waals surface area contributed by atoms with E-state index < -0.39 is 28.3 Å². The van der Waals surface area contributed by atoms with Crippen LogP contribution >= 0.6 is 22.9 Å². The maximum Gasteiger partial charge on any atom is 0.573 e. The molecule has 16 heteroatoms. The van der Waals surface area contributed by atoms with Gasteiger partial charge < -0.3 is 15.0 Å². The number of benzene rings is 2. The highest BCUT2D eigenvalue weighted by Gasteiger charge is 2.41. The molecular weight excluding hydrogens is 665 g/mol. The number of fused-ring (bicyclic) bond motifs is 1. The van der Waals surface area contributed by atoms with Gasteiger partial charge in [-0.15, -0.1) is 13.2 Å². The number of thiazole rings is 1. The van der Waals surface area contributed by atoms with Crippen LogP contribution in [0.3, 0.4) is 0 Å². The maximum absolute atomic E-state index is 13.9. The molecule has 7 rings (SSSR count). The van der Waals surface area contributed by atoms with Crippen LogP contribution in [0.4, 0.5) is 18.3 Å². The van der Waals surface area contributed by atoms with Crippen molar-refractivity contribution in [1.82, 2.24) is 24.6 Å². The summed E-state index contributed by atoms with van der Waals surface area (Å²) in [6.45, 7) is 0.243. The quantitative estimate of drug-likeness (QED) is 0.226. The Morgan fingerprint density at radius 2 is 1.67 bits per heavy atom. The Kier molecular flexibility index (Phi) is 8.06. The van der Waals surface area contributed by atoms with Crippen molar-refractivity contribution in [2.75, 3.05) is 24.5 Å². The fourth-order valence-electron chi connectivity index (χ4n) is 5.48. The van der Waals surface area contributed by atoms with E-state index in [2.05, 4.69) is 25.0 Å². The normalized spacial score (nSPS) is 19.4. The second kappa shape index (κ2) is 11.9. The lowest BCUT2D eigenvalue weighted by molar-refractivity contribution is -0.274. The number of nitrogens with one attached hydrogen (secondary N) is 1. The van der Waals surface area contributed by atoms with Gasteiger partial charge in [0, 0.05) is 32.1 Å². The molecule has 1 saturated heterocycles. The van der Waals surface area contributed by atoms with Gasteiger partial charge in [0.1, 0.15) is 22.3 Å². The maximum atomic E-state index is 13.9. The topological polar surface area (TPSA) is 118 Å². The fourth-order valence-corrected chi connectivity index (χ4v) is 8.26. The third-order valence-corrected chi connectivity index (χ3v) is 11.6. The van der Waals surface area contributed by atoms with Crippen molar-refractivity contribution in [1.29, 1.82) is 0 Å². The van der Waals surface area contributed by atoms with Crippen molar-refractivity contribution >= 4 is 54.3 Å². The number of rotatable bonds is 9. The Balaban J connectivity index is 1.13. The van der Waals surface area contributed by atoms with Crippen LogP contribution in [0.25, 0.3) is 10.3 Å². The van der Waals surface area contributed by atoms with E-state index in [1.807, 2.05) is 17.0 Å². The summed E-state index contributed by atoms with van der Waals surface area (Å²) in [6, 6.07) is 10.8. The Bertz CT molecular complexity index is 1880. The lowest BCUT2D eigenvalue weighted by Gasteiger charge is -2.39. The van der Waals surface area contributed by atoms with Gasteiger partial charge in [0.15, 0.2) is 15.9 Å². The van der Waals surface area contributed by atoms with Crippen LogP contribution < -0.4 is 15.0 Å². The number of hydrogen-bond acceptors (Lipinski definition) is 9. The summed E-state index contributed by atoms with van der Waals surface area (Å²) in [5, 5.41) is 3.62. The van der Waals surface area contributed by atoms with Gasteiger partial charge in [0.05, 0.1) is 4.90 Å². The van der Waals surface area contributed by atoms with E-state index in [1.54, 1.807) is 12.1 Å². The third kappa shape index (κ3) is 6.64. The number of halogens is 4. The van der Waals surface area contributed by atoms with E-state index >= 15 is 0 Å². The van der Waals surface area contributed by atoms with Crippen LogP contribution in [0, 0.1) is 0 Å². The minimum absolute atomic E-state index is 0.00390. The van der Waals surface area contributed by atoms with E-state index in [1.165, 1.54) is 27.8 Å². The molecular formula is C30H28ClF3N6O4S2. The zero-order valence-electron chi connectivity index (χ0n) is 24.2. The molecule has 1 amide bonds. The molecule has 2 aromatic heterocycles. The summed E-state index contributed by atoms with van der Waals surface area (Å²) in [5.41, 5.74) is 2.06. The summed E-state index contributed by atoms with van der Waals surface area (Å²) >= 11 is 7.76. The molecule has 0 bridgehead atoms. The first kappa shape index (κ1) is 31.1. The molecule has 3 aliphatic rings. The van der Waals surface area contributed by atoms with E-state index in [0.29, 0.717) is 37.9 Å². The van der Waals surface area contributed by atoms with Gasteiger partial charge in [-0.3, -0.25) is 4.79 Å². The summed E-state index contributed by atoms with van der Waals surface area (Å²) in [4.78, 5) is 29.4. The predicted molar refractivity (Wildman–Crippen MR) is 165 cm³/mol. The Hall–Kier alpha value is -3.53. The Morgan fingerprint density at radius 1 is 0.978 bits per heavy atom. The average molecular weight is 693 g/mol. The Morgan fingerprint density at radius 3 is 2.33 bits per heavy atom. The molecule has 0 radical (unpaired) electrons. The van der Waals surface area contributed by atoms with Gasteiger partial charge in [-0.25, -0.2) is 18.4 Å². The van der Waals surface area contributed by atoms with Crippen molar-refractivity contribution in [3.05, 3.63) is 70.6 Å². The van der Waals surface area contributed by atoms with Crippen molar-refractivity contribution in [3.8, 4) is 5.75 Å². The first-order valence-corrected chi connectivity index (χ1v) is 17.4. The molecule has 46 heavy (non-hydrogen) atoms. The van der Waals surface area contributed by atoms with Gasteiger partial charge in [0.2, 0.25) is 15.9 Å². The van der Waals surface area contributed by atoms with E-state index in [9.17, 15) is 26.4 Å². The zero-order valence-corrected chi connectivity index (χ0v) is 26.6. The average Bonchev–Trinajstić information content (AvgIpc) is 3.97. The first-order valence-electron chi connectivity index (χ1n) is 14.8. The van der Waals surface area contributed by atoms with Crippen LogP contribution in [-0.4, -0.2) is 65.6 Å². The van der Waals surface area contributed by atoms with Crippen LogP contribution in [0.2, 0.25) is 5.15 Å². The molecule has 3 fully saturated rings. The molecule has 0 unspecified atom stereocenters. The molecule has 0 spiro atoms. The van der Waals surface area contributed by atoms with Crippen LogP contribution in [0.1, 0.15) is 54.5 Å². The highest BCUT2D eigenvalue weighted by Crippen LogP contribution is 2.42. The van der Waals surface area contributed by atoms with Gasteiger partial charge >= 0.3 is 6.36 Å². The monoisotopic (exact) mass is 692 g/mol. The number of carbonyl (C=O) groups excluding carboxylic acids is 1.